The SMILES string of the molecule is ClC=C(Cl)C(Cl)[SiH2]Cl. The molecule has 0 aromatic carbocycles. The zero-order chi connectivity index (χ0) is 6.57. The van der Waals surface area contributed by atoms with E-state index in [9.17, 15) is 0 Å². The summed E-state index contributed by atoms with van der Waals surface area (Å²) in [6, 6.07) is 0. The molecule has 0 fully saturated rings. The van der Waals surface area contributed by atoms with Crippen LogP contribution in [0.5, 0.6) is 0 Å². The van der Waals surface area contributed by atoms with E-state index in [0.717, 1.165) is 0 Å². The highest BCUT2D eigenvalue weighted by Crippen LogP contribution is 2.14. The lowest BCUT2D eigenvalue weighted by molar-refractivity contribution is 1.55. The van der Waals surface area contributed by atoms with Gasteiger partial charge in [0.1, 0.15) is 8.83 Å². The fraction of sp³-hybridized carbons (Fsp3) is 0.333. The molecule has 0 aromatic heterocycles. The fourth-order valence-electron chi connectivity index (χ4n) is 0.142. The van der Waals surface area contributed by atoms with Crippen molar-refractivity contribution in [2.24, 2.45) is 0 Å². The predicted molar refractivity (Wildman–Crippen MR) is 43.8 cm³/mol. The highest BCUT2D eigenvalue weighted by molar-refractivity contribution is 6.98. The summed E-state index contributed by atoms with van der Waals surface area (Å²) < 4.78 is 0. The van der Waals surface area contributed by atoms with Gasteiger partial charge in [-0.05, 0) is 0 Å². The van der Waals surface area contributed by atoms with Crippen LogP contribution in [0.1, 0.15) is 0 Å². The minimum atomic E-state index is -0.767. The van der Waals surface area contributed by atoms with Crippen molar-refractivity contribution < 1.29 is 0 Å². The van der Waals surface area contributed by atoms with Gasteiger partial charge in [-0.25, -0.2) is 0 Å². The Morgan fingerprint density at radius 1 is 1.62 bits per heavy atom. The summed E-state index contributed by atoms with van der Waals surface area (Å²) in [6.45, 7) is 0. The fourth-order valence-corrected chi connectivity index (χ4v) is 1.80. The Morgan fingerprint density at radius 2 is 2.12 bits per heavy atom. The van der Waals surface area contributed by atoms with Crippen LogP contribution in [0.3, 0.4) is 0 Å². The zero-order valence-corrected chi connectivity index (χ0v) is 8.31. The van der Waals surface area contributed by atoms with Gasteiger partial charge < -0.3 is 0 Å². The number of alkyl halides is 1. The third kappa shape index (κ3) is 3.20. The second-order valence-electron chi connectivity index (χ2n) is 1.12. The predicted octanol–water partition coefficient (Wildman–Crippen LogP) is 2.19. The lowest BCUT2D eigenvalue weighted by atomic mass is 10.7. The van der Waals surface area contributed by atoms with Crippen molar-refractivity contribution in [3.63, 3.8) is 0 Å². The van der Waals surface area contributed by atoms with Crippen molar-refractivity contribution in [1.29, 1.82) is 0 Å². The van der Waals surface area contributed by atoms with E-state index in [1.165, 1.54) is 5.54 Å². The summed E-state index contributed by atoms with van der Waals surface area (Å²) in [4.78, 5) is 0. The molecule has 0 aliphatic carbocycles. The number of hydrogen-bond acceptors (Lipinski definition) is 0. The molecule has 0 aromatic rings. The van der Waals surface area contributed by atoms with Gasteiger partial charge in [0.05, 0.1) is 5.00 Å². The quantitative estimate of drug-likeness (QED) is 0.372. The largest absolute Gasteiger partial charge is 0.174 e. The maximum atomic E-state index is 5.56. The molecule has 0 heterocycles. The molecule has 0 bridgehead atoms. The van der Waals surface area contributed by atoms with Crippen LogP contribution in [-0.4, -0.2) is 13.8 Å². The van der Waals surface area contributed by atoms with Crippen molar-refractivity contribution >= 4 is 54.7 Å². The second-order valence-corrected chi connectivity index (χ2v) is 4.87. The van der Waals surface area contributed by atoms with E-state index >= 15 is 0 Å². The minimum absolute atomic E-state index is 0.212. The Balaban J connectivity index is 3.63. The molecule has 0 amide bonds. The van der Waals surface area contributed by atoms with Gasteiger partial charge >= 0.3 is 0 Å². The number of rotatable bonds is 2. The second kappa shape index (κ2) is 4.95. The average molecular weight is 210 g/mol. The average Bonchev–Trinajstić information content (AvgIpc) is 1.84. The van der Waals surface area contributed by atoms with Crippen molar-refractivity contribution in [2.45, 2.75) is 5.00 Å². The van der Waals surface area contributed by atoms with E-state index in [0.29, 0.717) is 5.03 Å². The molecule has 0 spiro atoms. The molecule has 1 atom stereocenters. The van der Waals surface area contributed by atoms with Crippen LogP contribution in [0, 0.1) is 0 Å². The maximum Gasteiger partial charge on any atom is 0.150 e. The summed E-state index contributed by atoms with van der Waals surface area (Å²) in [7, 11) is -0.767. The topological polar surface area (TPSA) is 0 Å². The smallest absolute Gasteiger partial charge is 0.150 e. The molecular weight excluding hydrogens is 206 g/mol. The van der Waals surface area contributed by atoms with Gasteiger partial charge in [-0.2, -0.15) is 11.1 Å². The van der Waals surface area contributed by atoms with E-state index in [1.54, 1.807) is 0 Å². The Morgan fingerprint density at radius 3 is 2.25 bits per heavy atom. The highest BCUT2D eigenvalue weighted by atomic mass is 35.6. The zero-order valence-electron chi connectivity index (χ0n) is 3.87. The van der Waals surface area contributed by atoms with Crippen LogP contribution >= 0.6 is 45.9 Å². The summed E-state index contributed by atoms with van der Waals surface area (Å²) in [5, 5.41) is 0.228. The molecule has 5 heteroatoms. The molecule has 0 saturated carbocycles. The van der Waals surface area contributed by atoms with Gasteiger partial charge in [0.25, 0.3) is 0 Å². The van der Waals surface area contributed by atoms with Gasteiger partial charge in [0.15, 0.2) is 0 Å². The van der Waals surface area contributed by atoms with Crippen LogP contribution in [0.15, 0.2) is 10.6 Å². The van der Waals surface area contributed by atoms with E-state index in [1.807, 2.05) is 0 Å². The molecular formula is C3H4Cl4Si. The normalized spacial score (nSPS) is 17.8. The van der Waals surface area contributed by atoms with E-state index < -0.39 is 8.83 Å². The Kier molecular flexibility index (Phi) is 5.64. The van der Waals surface area contributed by atoms with Crippen LogP contribution in [0.2, 0.25) is 0 Å². The molecule has 8 heavy (non-hydrogen) atoms. The van der Waals surface area contributed by atoms with Crippen LogP contribution in [-0.2, 0) is 0 Å². The first-order valence-corrected chi connectivity index (χ1v) is 6.08. The van der Waals surface area contributed by atoms with Gasteiger partial charge in [-0.3, -0.25) is 0 Å². The van der Waals surface area contributed by atoms with Crippen molar-refractivity contribution in [1.82, 2.24) is 0 Å². The summed E-state index contributed by atoms with van der Waals surface area (Å²) in [5.41, 5.74) is 1.24. The van der Waals surface area contributed by atoms with Gasteiger partial charge in [0.2, 0.25) is 0 Å². The first-order valence-electron chi connectivity index (χ1n) is 1.88. The molecule has 0 aliphatic rings. The van der Waals surface area contributed by atoms with Gasteiger partial charge in [0, 0.05) is 10.6 Å². The van der Waals surface area contributed by atoms with Crippen LogP contribution in [0.25, 0.3) is 0 Å². The molecule has 1 unspecified atom stereocenters. The van der Waals surface area contributed by atoms with Gasteiger partial charge in [-0.15, -0.1) is 11.6 Å². The monoisotopic (exact) mass is 208 g/mol. The number of hydrogen-bond donors (Lipinski definition) is 0. The summed E-state index contributed by atoms with van der Waals surface area (Å²) in [6.07, 6.45) is 0. The first kappa shape index (κ1) is 9.12. The number of allylic oxidation sites excluding steroid dienone is 1. The van der Waals surface area contributed by atoms with E-state index in [4.69, 9.17) is 45.9 Å². The van der Waals surface area contributed by atoms with Crippen molar-refractivity contribution in [3.8, 4) is 0 Å². The molecule has 48 valence electrons. The van der Waals surface area contributed by atoms with E-state index in [-0.39, 0.29) is 5.00 Å². The molecule has 0 saturated heterocycles. The third-order valence-corrected chi connectivity index (χ3v) is 4.44. The summed E-state index contributed by atoms with van der Waals surface area (Å²) in [5.74, 6) is 0. The molecule has 0 aliphatic heterocycles. The number of halogens is 4. The lowest BCUT2D eigenvalue weighted by Gasteiger charge is -1.97. The van der Waals surface area contributed by atoms with Crippen LogP contribution < -0.4 is 0 Å². The minimum Gasteiger partial charge on any atom is -0.174 e. The first-order chi connectivity index (χ1) is 3.72. The standard InChI is InChI=1S/C3H4Cl4Si/c4-1-2(5)3(6)8-7/h1,3H,8H2. The Labute approximate surface area is 70.3 Å². The maximum absolute atomic E-state index is 5.56. The Hall–Kier alpha value is 1.12. The van der Waals surface area contributed by atoms with Crippen LogP contribution in [0.4, 0.5) is 0 Å². The van der Waals surface area contributed by atoms with Gasteiger partial charge in [-0.1, -0.05) is 23.2 Å². The molecule has 0 radical (unpaired) electrons. The highest BCUT2D eigenvalue weighted by Gasteiger charge is 2.05. The molecule has 0 rings (SSSR count). The third-order valence-electron chi connectivity index (χ3n) is 0.539. The summed E-state index contributed by atoms with van der Waals surface area (Å²) >= 11 is 21.7. The lowest BCUT2D eigenvalue weighted by Crippen LogP contribution is -2.02. The molecule has 0 N–H and O–H groups in total. The van der Waals surface area contributed by atoms with E-state index in [2.05, 4.69) is 0 Å². The van der Waals surface area contributed by atoms with Crippen molar-refractivity contribution in [3.05, 3.63) is 10.6 Å². The van der Waals surface area contributed by atoms with Crippen molar-refractivity contribution in [2.75, 3.05) is 0 Å². The molecule has 0 nitrogen and oxygen atoms in total. The Bertz CT molecular complexity index is 91.3.